The van der Waals surface area contributed by atoms with Crippen molar-refractivity contribution in [1.29, 1.82) is 0 Å². The summed E-state index contributed by atoms with van der Waals surface area (Å²) in [4.78, 5) is 17.3. The summed E-state index contributed by atoms with van der Waals surface area (Å²) >= 11 is 0. The van der Waals surface area contributed by atoms with Gasteiger partial charge < -0.3 is 9.72 Å². The Hall–Kier alpha value is -2.59. The molecule has 4 heteroatoms. The van der Waals surface area contributed by atoms with Gasteiger partial charge in [0.2, 0.25) is 0 Å². The van der Waals surface area contributed by atoms with Crippen LogP contribution in [0.5, 0.6) is 0 Å². The van der Waals surface area contributed by atoms with Crippen molar-refractivity contribution in [1.82, 2.24) is 10.3 Å². The maximum atomic E-state index is 13.5. The number of fused-ring (bicyclic) bond motifs is 3. The molecule has 1 aromatic heterocycles. The van der Waals surface area contributed by atoms with Crippen LogP contribution in [0.1, 0.15) is 62.3 Å². The summed E-state index contributed by atoms with van der Waals surface area (Å²) in [5.41, 5.74) is 4.80. The highest BCUT2D eigenvalue weighted by Gasteiger charge is 2.61. The van der Waals surface area contributed by atoms with E-state index in [2.05, 4.69) is 41.5 Å². The molecule has 5 aliphatic rings. The van der Waals surface area contributed by atoms with E-state index in [-0.39, 0.29) is 23.0 Å². The average molecular weight is 455 g/mol. The molecule has 0 saturated heterocycles. The first-order valence-electron chi connectivity index (χ1n) is 13.1. The highest BCUT2D eigenvalue weighted by atomic mass is 16.5. The Labute approximate surface area is 201 Å². The van der Waals surface area contributed by atoms with Crippen LogP contribution in [0.2, 0.25) is 0 Å². The summed E-state index contributed by atoms with van der Waals surface area (Å²) < 4.78 is 5.87. The van der Waals surface area contributed by atoms with Gasteiger partial charge in [0.1, 0.15) is 12.6 Å². The SMILES string of the molecule is C[C@@]1(C23CC4CC(CC(C4)C2)C3)N[C@H](C(=O)OCc2ccccc2)Cc2c1[nH]c1ccccc21. The minimum Gasteiger partial charge on any atom is -0.460 e. The van der Waals surface area contributed by atoms with Crippen molar-refractivity contribution >= 4 is 16.9 Å². The van der Waals surface area contributed by atoms with Crippen LogP contribution < -0.4 is 5.32 Å². The quantitative estimate of drug-likeness (QED) is 0.486. The van der Waals surface area contributed by atoms with Gasteiger partial charge in [-0.25, -0.2) is 0 Å². The molecule has 1 aliphatic heterocycles. The second kappa shape index (κ2) is 7.45. The predicted octanol–water partition coefficient (Wildman–Crippen LogP) is 5.86. The van der Waals surface area contributed by atoms with Crippen molar-refractivity contribution < 1.29 is 9.53 Å². The Morgan fingerprint density at radius 2 is 1.59 bits per heavy atom. The van der Waals surface area contributed by atoms with Crippen molar-refractivity contribution in [2.75, 3.05) is 0 Å². The predicted molar refractivity (Wildman–Crippen MR) is 133 cm³/mol. The number of H-pyrrole nitrogens is 1. The molecule has 8 rings (SSSR count). The van der Waals surface area contributed by atoms with E-state index in [9.17, 15) is 4.79 Å². The minimum atomic E-state index is -0.326. The van der Waals surface area contributed by atoms with Crippen LogP contribution >= 0.6 is 0 Å². The molecule has 3 aromatic rings. The van der Waals surface area contributed by atoms with Gasteiger partial charge in [0.05, 0.1) is 5.54 Å². The van der Waals surface area contributed by atoms with Crippen LogP contribution in [-0.4, -0.2) is 17.0 Å². The fourth-order valence-corrected chi connectivity index (χ4v) is 8.63. The maximum absolute atomic E-state index is 13.5. The number of hydrogen-bond acceptors (Lipinski definition) is 3. The number of benzene rings is 2. The number of para-hydroxylation sites is 1. The van der Waals surface area contributed by atoms with Gasteiger partial charge in [-0.2, -0.15) is 0 Å². The van der Waals surface area contributed by atoms with E-state index in [1.165, 1.54) is 60.7 Å². The summed E-state index contributed by atoms with van der Waals surface area (Å²) in [7, 11) is 0. The molecule has 2 aromatic carbocycles. The number of rotatable bonds is 4. The van der Waals surface area contributed by atoms with Crippen molar-refractivity contribution in [3.05, 3.63) is 71.4 Å². The molecule has 4 bridgehead atoms. The highest BCUT2D eigenvalue weighted by Crippen LogP contribution is 2.66. The zero-order valence-corrected chi connectivity index (χ0v) is 20.0. The van der Waals surface area contributed by atoms with E-state index >= 15 is 0 Å². The third kappa shape index (κ3) is 3.04. The number of carbonyl (C=O) groups is 1. The molecule has 4 aliphatic carbocycles. The molecule has 0 spiro atoms. The van der Waals surface area contributed by atoms with E-state index in [1.54, 1.807) is 0 Å². The molecule has 4 fully saturated rings. The fraction of sp³-hybridized carbons (Fsp3) is 0.500. The lowest BCUT2D eigenvalue weighted by Crippen LogP contribution is -2.66. The number of ether oxygens (including phenoxy) is 1. The smallest absolute Gasteiger partial charge is 0.323 e. The number of esters is 1. The Balaban J connectivity index is 1.28. The largest absolute Gasteiger partial charge is 0.460 e. The van der Waals surface area contributed by atoms with Crippen LogP contribution in [0.15, 0.2) is 54.6 Å². The monoisotopic (exact) mass is 454 g/mol. The Kier molecular flexibility index (Phi) is 4.55. The van der Waals surface area contributed by atoms with Crippen molar-refractivity contribution in [2.24, 2.45) is 23.2 Å². The summed E-state index contributed by atoms with van der Waals surface area (Å²) in [5.74, 6) is 2.42. The number of hydrogen-bond donors (Lipinski definition) is 2. The van der Waals surface area contributed by atoms with Crippen LogP contribution in [0.3, 0.4) is 0 Å². The van der Waals surface area contributed by atoms with Crippen LogP contribution in [0.25, 0.3) is 10.9 Å². The van der Waals surface area contributed by atoms with Crippen LogP contribution in [0, 0.1) is 23.2 Å². The standard InChI is InChI=1S/C30H34N2O2/c1-29(30-15-20-11-21(16-30)13-22(12-20)17-30)27-24(23-9-5-6-10-25(23)31-27)14-26(32-29)28(33)34-18-19-7-3-2-4-8-19/h2-10,20-22,26,31-32H,11-18H2,1H3/t20?,21?,22?,26-,29+,30?/m0/s1. The third-order valence-electron chi connectivity index (χ3n) is 9.79. The van der Waals surface area contributed by atoms with E-state index in [4.69, 9.17) is 4.74 Å². The fourth-order valence-electron chi connectivity index (χ4n) is 8.63. The molecule has 2 N–H and O–H groups in total. The van der Waals surface area contributed by atoms with Gasteiger partial charge in [-0.1, -0.05) is 48.5 Å². The highest BCUT2D eigenvalue weighted by molar-refractivity contribution is 5.87. The molecule has 0 radical (unpaired) electrons. The van der Waals surface area contributed by atoms with Gasteiger partial charge in [0.15, 0.2) is 0 Å². The van der Waals surface area contributed by atoms with Crippen molar-refractivity contribution in [3.8, 4) is 0 Å². The molecule has 4 saturated carbocycles. The second-order valence-corrected chi connectivity index (χ2v) is 11.8. The molecular weight excluding hydrogens is 420 g/mol. The van der Waals surface area contributed by atoms with Gasteiger partial charge in [-0.3, -0.25) is 10.1 Å². The molecular formula is C30H34N2O2. The van der Waals surface area contributed by atoms with E-state index in [1.807, 2.05) is 30.3 Å². The summed E-state index contributed by atoms with van der Waals surface area (Å²) in [5, 5.41) is 5.19. The zero-order valence-electron chi connectivity index (χ0n) is 20.0. The number of nitrogens with one attached hydrogen (secondary N) is 2. The third-order valence-corrected chi connectivity index (χ3v) is 9.79. The van der Waals surface area contributed by atoms with Gasteiger partial charge in [0, 0.05) is 23.0 Å². The van der Waals surface area contributed by atoms with Gasteiger partial charge >= 0.3 is 5.97 Å². The lowest BCUT2D eigenvalue weighted by Gasteiger charge is -2.64. The van der Waals surface area contributed by atoms with E-state index in [0.717, 1.165) is 23.3 Å². The number of aromatic nitrogens is 1. The van der Waals surface area contributed by atoms with Gasteiger partial charge in [-0.05, 0) is 85.8 Å². The second-order valence-electron chi connectivity index (χ2n) is 11.8. The Bertz CT molecular complexity index is 1210. The summed E-state index contributed by atoms with van der Waals surface area (Å²) in [6.07, 6.45) is 8.76. The topological polar surface area (TPSA) is 54.1 Å². The molecule has 4 nitrogen and oxygen atoms in total. The molecule has 0 amide bonds. The maximum Gasteiger partial charge on any atom is 0.323 e. The first-order chi connectivity index (χ1) is 16.5. The molecule has 2 heterocycles. The normalized spacial score (nSPS) is 35.9. The summed E-state index contributed by atoms with van der Waals surface area (Å²) in [6.45, 7) is 2.72. The van der Waals surface area contributed by atoms with E-state index in [0.29, 0.717) is 13.0 Å². The van der Waals surface area contributed by atoms with Crippen molar-refractivity contribution in [2.45, 2.75) is 70.1 Å². The lowest BCUT2D eigenvalue weighted by molar-refractivity contribution is -0.152. The van der Waals surface area contributed by atoms with E-state index < -0.39 is 0 Å². The first kappa shape index (κ1) is 20.8. The average Bonchev–Trinajstić information content (AvgIpc) is 3.22. The van der Waals surface area contributed by atoms with Crippen LogP contribution in [-0.2, 0) is 28.1 Å². The molecule has 34 heavy (non-hydrogen) atoms. The Morgan fingerprint density at radius 1 is 0.941 bits per heavy atom. The lowest BCUT2D eigenvalue weighted by atomic mass is 9.44. The Morgan fingerprint density at radius 3 is 2.29 bits per heavy atom. The zero-order chi connectivity index (χ0) is 22.9. The van der Waals surface area contributed by atoms with Crippen molar-refractivity contribution in [3.63, 3.8) is 0 Å². The number of aromatic amines is 1. The summed E-state index contributed by atoms with van der Waals surface area (Å²) in [6, 6.07) is 18.3. The van der Waals surface area contributed by atoms with Gasteiger partial charge in [-0.15, -0.1) is 0 Å². The molecule has 176 valence electrons. The number of carbonyl (C=O) groups excluding carboxylic acids is 1. The minimum absolute atomic E-state index is 0.129. The van der Waals surface area contributed by atoms with Crippen LogP contribution in [0.4, 0.5) is 0 Å². The molecule has 0 unspecified atom stereocenters. The molecule has 2 atom stereocenters. The van der Waals surface area contributed by atoms with Gasteiger partial charge in [0.25, 0.3) is 0 Å². The first-order valence-corrected chi connectivity index (χ1v) is 13.1.